The minimum Gasteiger partial charge on any atom is -0.307 e. The molecule has 7 heteroatoms. The van der Waals surface area contributed by atoms with Gasteiger partial charge in [0.15, 0.2) is 0 Å². The van der Waals surface area contributed by atoms with Gasteiger partial charge in [-0.15, -0.1) is 0 Å². The second-order valence-electron chi connectivity index (χ2n) is 6.94. The Labute approximate surface area is 157 Å². The molecule has 0 aliphatic carbocycles. The van der Waals surface area contributed by atoms with Gasteiger partial charge in [0, 0.05) is 54.4 Å². The van der Waals surface area contributed by atoms with E-state index in [9.17, 15) is 4.79 Å². The Morgan fingerprint density at radius 2 is 1.85 bits per heavy atom. The summed E-state index contributed by atoms with van der Waals surface area (Å²) in [5.41, 5.74) is 2.78. The van der Waals surface area contributed by atoms with Crippen LogP contribution in [0.5, 0.6) is 0 Å². The van der Waals surface area contributed by atoms with E-state index in [1.165, 1.54) is 0 Å². The molecule has 0 spiro atoms. The predicted molar refractivity (Wildman–Crippen MR) is 102 cm³/mol. The molecule has 3 aromatic heterocycles. The molecule has 0 atom stereocenters. The van der Waals surface area contributed by atoms with Crippen molar-refractivity contribution in [3.8, 4) is 11.4 Å². The molecular formula is C20H22N6O. The van der Waals surface area contributed by atoms with Crippen molar-refractivity contribution in [1.82, 2.24) is 29.8 Å². The van der Waals surface area contributed by atoms with Crippen LogP contribution in [0, 0.1) is 6.92 Å². The number of aromatic amines is 1. The third-order valence-corrected chi connectivity index (χ3v) is 4.96. The van der Waals surface area contributed by atoms with Crippen molar-refractivity contribution in [2.45, 2.75) is 32.2 Å². The van der Waals surface area contributed by atoms with E-state index in [2.05, 4.69) is 24.8 Å². The molecule has 1 aliphatic rings. The van der Waals surface area contributed by atoms with Gasteiger partial charge >= 0.3 is 0 Å². The Kier molecular flexibility index (Phi) is 5.02. The van der Waals surface area contributed by atoms with Gasteiger partial charge in [0.05, 0.1) is 5.69 Å². The van der Waals surface area contributed by atoms with Gasteiger partial charge in [-0.2, -0.15) is 0 Å². The highest BCUT2D eigenvalue weighted by molar-refractivity contribution is 5.53. The molecule has 138 valence electrons. The van der Waals surface area contributed by atoms with Crippen molar-refractivity contribution in [2.75, 3.05) is 13.1 Å². The maximum absolute atomic E-state index is 12.1. The fourth-order valence-electron chi connectivity index (χ4n) is 3.48. The normalized spacial score (nSPS) is 15.7. The van der Waals surface area contributed by atoms with Crippen LogP contribution < -0.4 is 5.56 Å². The topological polar surface area (TPSA) is 87.7 Å². The van der Waals surface area contributed by atoms with Crippen molar-refractivity contribution < 1.29 is 0 Å². The molecular weight excluding hydrogens is 340 g/mol. The first kappa shape index (κ1) is 17.5. The van der Waals surface area contributed by atoms with Gasteiger partial charge in [0.2, 0.25) is 0 Å². The first-order valence-corrected chi connectivity index (χ1v) is 9.19. The summed E-state index contributed by atoms with van der Waals surface area (Å²) in [6.45, 7) is 4.69. The summed E-state index contributed by atoms with van der Waals surface area (Å²) in [6, 6.07) is 5.35. The Bertz CT molecular complexity index is 946. The van der Waals surface area contributed by atoms with E-state index in [0.29, 0.717) is 11.7 Å². The zero-order valence-electron chi connectivity index (χ0n) is 15.3. The molecule has 7 nitrogen and oxygen atoms in total. The molecule has 0 radical (unpaired) electrons. The number of likely N-dealkylation sites (tertiary alicyclic amines) is 1. The van der Waals surface area contributed by atoms with Crippen LogP contribution in [0.25, 0.3) is 11.4 Å². The Balaban J connectivity index is 1.44. The number of nitrogens with one attached hydrogen (secondary N) is 1. The first-order chi connectivity index (χ1) is 13.2. The molecule has 0 unspecified atom stereocenters. The van der Waals surface area contributed by atoms with E-state index in [-0.39, 0.29) is 5.56 Å². The van der Waals surface area contributed by atoms with Crippen LogP contribution in [0.3, 0.4) is 0 Å². The molecule has 1 fully saturated rings. The molecule has 1 aliphatic heterocycles. The minimum atomic E-state index is -0.106. The number of rotatable bonds is 4. The van der Waals surface area contributed by atoms with Crippen LogP contribution in [0.4, 0.5) is 0 Å². The van der Waals surface area contributed by atoms with Crippen LogP contribution in [-0.4, -0.2) is 42.9 Å². The molecule has 0 amide bonds. The highest BCUT2D eigenvalue weighted by Crippen LogP contribution is 2.27. The Hall–Kier alpha value is -2.93. The molecule has 1 saturated heterocycles. The standard InChI is InChI=1S/C20H22N6O/c1-14-22-11-15(12-23-14)13-26-8-4-16(5-9-26)18-10-19(27)25-20(24-18)17-2-6-21-7-3-17/h2-3,6-7,10-12,16H,4-5,8-9,13H2,1H3,(H,24,25,27). The van der Waals surface area contributed by atoms with Gasteiger partial charge in [0.25, 0.3) is 5.56 Å². The van der Waals surface area contributed by atoms with Gasteiger partial charge in [0.1, 0.15) is 11.6 Å². The van der Waals surface area contributed by atoms with Crippen LogP contribution in [-0.2, 0) is 6.54 Å². The maximum Gasteiger partial charge on any atom is 0.251 e. The lowest BCUT2D eigenvalue weighted by Crippen LogP contribution is -2.33. The fraction of sp³-hybridized carbons (Fsp3) is 0.350. The smallest absolute Gasteiger partial charge is 0.251 e. The third-order valence-electron chi connectivity index (χ3n) is 4.96. The van der Waals surface area contributed by atoms with E-state index < -0.39 is 0 Å². The molecule has 0 bridgehead atoms. The summed E-state index contributed by atoms with van der Waals surface area (Å²) in [7, 11) is 0. The predicted octanol–water partition coefficient (Wildman–Crippen LogP) is 2.31. The lowest BCUT2D eigenvalue weighted by Gasteiger charge is -2.31. The fourth-order valence-corrected chi connectivity index (χ4v) is 3.48. The number of hydrogen-bond acceptors (Lipinski definition) is 6. The lowest BCUT2D eigenvalue weighted by molar-refractivity contribution is 0.203. The second kappa shape index (κ2) is 7.75. The molecule has 4 rings (SSSR count). The van der Waals surface area contributed by atoms with Gasteiger partial charge in [-0.25, -0.2) is 15.0 Å². The van der Waals surface area contributed by atoms with E-state index in [1.54, 1.807) is 18.5 Å². The summed E-state index contributed by atoms with van der Waals surface area (Å²) in [5, 5.41) is 0. The average Bonchev–Trinajstić information content (AvgIpc) is 2.70. The van der Waals surface area contributed by atoms with Gasteiger partial charge in [-0.3, -0.25) is 14.7 Å². The van der Waals surface area contributed by atoms with Gasteiger partial charge < -0.3 is 4.98 Å². The van der Waals surface area contributed by atoms with Crippen molar-refractivity contribution in [3.05, 3.63) is 70.4 Å². The number of pyridine rings is 1. The average molecular weight is 362 g/mol. The SMILES string of the molecule is Cc1ncc(CN2CCC(c3cc(=O)[nH]c(-c4ccncc4)n3)CC2)cn1. The van der Waals surface area contributed by atoms with Crippen LogP contribution in [0.1, 0.15) is 35.8 Å². The number of nitrogens with zero attached hydrogens (tertiary/aromatic N) is 5. The number of piperidine rings is 1. The maximum atomic E-state index is 12.1. The largest absolute Gasteiger partial charge is 0.307 e. The van der Waals surface area contributed by atoms with Crippen molar-refractivity contribution >= 4 is 0 Å². The van der Waals surface area contributed by atoms with Crippen molar-refractivity contribution in [3.63, 3.8) is 0 Å². The molecule has 0 saturated carbocycles. The van der Waals surface area contributed by atoms with Gasteiger partial charge in [-0.1, -0.05) is 0 Å². The summed E-state index contributed by atoms with van der Waals surface area (Å²) < 4.78 is 0. The Morgan fingerprint density at radius 3 is 2.56 bits per heavy atom. The number of hydrogen-bond donors (Lipinski definition) is 1. The zero-order valence-corrected chi connectivity index (χ0v) is 15.3. The minimum absolute atomic E-state index is 0.106. The zero-order chi connectivity index (χ0) is 18.6. The highest BCUT2D eigenvalue weighted by Gasteiger charge is 2.22. The summed E-state index contributed by atoms with van der Waals surface area (Å²) in [6.07, 6.45) is 9.17. The summed E-state index contributed by atoms with van der Waals surface area (Å²) in [4.78, 5) is 34.6. The second-order valence-corrected chi connectivity index (χ2v) is 6.94. The highest BCUT2D eigenvalue weighted by atomic mass is 16.1. The van der Waals surface area contributed by atoms with Crippen LogP contribution in [0.15, 0.2) is 47.8 Å². The van der Waals surface area contributed by atoms with Crippen molar-refractivity contribution in [2.24, 2.45) is 0 Å². The molecule has 1 N–H and O–H groups in total. The van der Waals surface area contributed by atoms with Gasteiger partial charge in [-0.05, 0) is 45.0 Å². The van der Waals surface area contributed by atoms with Crippen molar-refractivity contribution in [1.29, 1.82) is 0 Å². The van der Waals surface area contributed by atoms with E-state index >= 15 is 0 Å². The Morgan fingerprint density at radius 1 is 1.15 bits per heavy atom. The van der Waals surface area contributed by atoms with E-state index in [1.807, 2.05) is 31.5 Å². The number of aryl methyl sites for hydroxylation is 1. The molecule has 0 aromatic carbocycles. The quantitative estimate of drug-likeness (QED) is 0.766. The monoisotopic (exact) mass is 362 g/mol. The van der Waals surface area contributed by atoms with Crippen LogP contribution in [0.2, 0.25) is 0 Å². The van der Waals surface area contributed by atoms with E-state index in [4.69, 9.17) is 4.98 Å². The third kappa shape index (κ3) is 4.25. The first-order valence-electron chi connectivity index (χ1n) is 9.19. The van der Waals surface area contributed by atoms with Crippen LogP contribution >= 0.6 is 0 Å². The number of aromatic nitrogens is 5. The van der Waals surface area contributed by atoms with E-state index in [0.717, 1.165) is 55.1 Å². The summed E-state index contributed by atoms with van der Waals surface area (Å²) >= 11 is 0. The molecule has 3 aromatic rings. The molecule has 4 heterocycles. The number of H-pyrrole nitrogens is 1. The lowest BCUT2D eigenvalue weighted by atomic mass is 9.93. The summed E-state index contributed by atoms with van der Waals surface area (Å²) in [5.74, 6) is 1.71. The molecule has 27 heavy (non-hydrogen) atoms.